The number of halogens is 1. The van der Waals surface area contributed by atoms with Crippen LogP contribution in [0.15, 0.2) is 29.2 Å². The smallest absolute Gasteiger partial charge is 0.171 e. The molecule has 0 atom stereocenters. The molecule has 0 unspecified atom stereocenters. The summed E-state index contributed by atoms with van der Waals surface area (Å²) < 4.78 is 0. The molecule has 2 rings (SSSR count). The first-order valence-electron chi connectivity index (χ1n) is 3.62. The van der Waals surface area contributed by atoms with Crippen LogP contribution in [0.5, 0.6) is 0 Å². The van der Waals surface area contributed by atoms with Crippen LogP contribution in [-0.2, 0) is 0 Å². The van der Waals surface area contributed by atoms with Crippen molar-refractivity contribution in [1.82, 2.24) is 9.97 Å². The SMILES string of the molecule is Clc1nccnc1Nc1ccsc1. The molecule has 3 nitrogen and oxygen atoms in total. The number of hydrogen-bond acceptors (Lipinski definition) is 4. The van der Waals surface area contributed by atoms with Crippen LogP contribution in [-0.4, -0.2) is 9.97 Å². The molecule has 0 spiro atoms. The minimum Gasteiger partial charge on any atom is -0.337 e. The van der Waals surface area contributed by atoms with Gasteiger partial charge in [-0.15, -0.1) is 0 Å². The molecule has 0 aromatic carbocycles. The number of aromatic nitrogens is 2. The van der Waals surface area contributed by atoms with E-state index in [1.54, 1.807) is 23.7 Å². The summed E-state index contributed by atoms with van der Waals surface area (Å²) in [6, 6.07) is 1.95. The molecule has 0 saturated heterocycles. The number of rotatable bonds is 2. The predicted octanol–water partition coefficient (Wildman–Crippen LogP) is 2.94. The van der Waals surface area contributed by atoms with Gasteiger partial charge in [-0.25, -0.2) is 9.97 Å². The third-order valence-electron chi connectivity index (χ3n) is 1.44. The zero-order chi connectivity index (χ0) is 9.10. The maximum Gasteiger partial charge on any atom is 0.171 e. The first kappa shape index (κ1) is 8.47. The third kappa shape index (κ3) is 1.96. The molecule has 0 radical (unpaired) electrons. The van der Waals surface area contributed by atoms with Crippen molar-refractivity contribution < 1.29 is 0 Å². The average molecular weight is 212 g/mol. The molecule has 0 amide bonds. The first-order chi connectivity index (χ1) is 6.36. The van der Waals surface area contributed by atoms with Gasteiger partial charge in [-0.1, -0.05) is 11.6 Å². The highest BCUT2D eigenvalue weighted by molar-refractivity contribution is 7.08. The molecule has 0 bridgehead atoms. The molecule has 0 fully saturated rings. The molecule has 0 aliphatic heterocycles. The van der Waals surface area contributed by atoms with E-state index in [0.717, 1.165) is 5.69 Å². The topological polar surface area (TPSA) is 37.8 Å². The third-order valence-corrected chi connectivity index (χ3v) is 2.40. The molecular weight excluding hydrogens is 206 g/mol. The summed E-state index contributed by atoms with van der Waals surface area (Å²) in [6.45, 7) is 0. The van der Waals surface area contributed by atoms with Gasteiger partial charge in [0.15, 0.2) is 11.0 Å². The summed E-state index contributed by atoms with van der Waals surface area (Å²) >= 11 is 7.42. The Morgan fingerprint density at radius 1 is 1.31 bits per heavy atom. The molecule has 0 saturated carbocycles. The lowest BCUT2D eigenvalue weighted by atomic mass is 10.5. The molecule has 2 heterocycles. The maximum absolute atomic E-state index is 5.81. The molecule has 1 N–H and O–H groups in total. The molecule has 2 aromatic heterocycles. The summed E-state index contributed by atoms with van der Waals surface area (Å²) in [7, 11) is 0. The zero-order valence-corrected chi connectivity index (χ0v) is 8.14. The second-order valence-electron chi connectivity index (χ2n) is 2.33. The van der Waals surface area contributed by atoms with Gasteiger partial charge >= 0.3 is 0 Å². The standard InChI is InChI=1S/C8H6ClN3S/c9-7-8(11-3-2-10-7)12-6-1-4-13-5-6/h1-5H,(H,11,12). The highest BCUT2D eigenvalue weighted by atomic mass is 35.5. The van der Waals surface area contributed by atoms with Crippen LogP contribution in [0.1, 0.15) is 0 Å². The van der Waals surface area contributed by atoms with Crippen molar-refractivity contribution in [2.45, 2.75) is 0 Å². The summed E-state index contributed by atoms with van der Waals surface area (Å²) in [4.78, 5) is 7.96. The van der Waals surface area contributed by atoms with Crippen LogP contribution in [0.4, 0.5) is 11.5 Å². The van der Waals surface area contributed by atoms with Gasteiger partial charge in [-0.3, -0.25) is 0 Å². The molecule has 5 heteroatoms. The van der Waals surface area contributed by atoms with Gasteiger partial charge in [0, 0.05) is 17.8 Å². The van der Waals surface area contributed by atoms with Crippen molar-refractivity contribution in [3.8, 4) is 0 Å². The lowest BCUT2D eigenvalue weighted by molar-refractivity contribution is 1.20. The normalized spacial score (nSPS) is 9.92. The van der Waals surface area contributed by atoms with Crippen molar-refractivity contribution in [3.05, 3.63) is 34.4 Å². The maximum atomic E-state index is 5.81. The first-order valence-corrected chi connectivity index (χ1v) is 4.94. The van der Waals surface area contributed by atoms with Crippen molar-refractivity contribution in [2.75, 3.05) is 5.32 Å². The Morgan fingerprint density at radius 3 is 2.85 bits per heavy atom. The molecular formula is C8H6ClN3S. The fourth-order valence-electron chi connectivity index (χ4n) is 0.877. The molecule has 13 heavy (non-hydrogen) atoms. The number of hydrogen-bond donors (Lipinski definition) is 1. The second-order valence-corrected chi connectivity index (χ2v) is 3.47. The lowest BCUT2D eigenvalue weighted by Crippen LogP contribution is -1.93. The Bertz CT molecular complexity index is 388. The Balaban J connectivity index is 2.24. The van der Waals surface area contributed by atoms with E-state index in [9.17, 15) is 0 Å². The molecule has 66 valence electrons. The van der Waals surface area contributed by atoms with Gasteiger partial charge in [-0.05, 0) is 11.4 Å². The summed E-state index contributed by atoms with van der Waals surface area (Å²) in [5.41, 5.74) is 0.979. The average Bonchev–Trinajstić information content (AvgIpc) is 2.61. The van der Waals surface area contributed by atoms with Gasteiger partial charge in [-0.2, -0.15) is 11.3 Å². The van der Waals surface area contributed by atoms with E-state index >= 15 is 0 Å². The van der Waals surface area contributed by atoms with Crippen LogP contribution in [0, 0.1) is 0 Å². The summed E-state index contributed by atoms with van der Waals surface area (Å²) in [5.74, 6) is 0.586. The monoisotopic (exact) mass is 211 g/mol. The van der Waals surface area contributed by atoms with Crippen molar-refractivity contribution >= 4 is 34.4 Å². The molecule has 0 aliphatic carbocycles. The quantitative estimate of drug-likeness (QED) is 0.830. The van der Waals surface area contributed by atoms with Gasteiger partial charge in [0.05, 0.1) is 5.69 Å². The van der Waals surface area contributed by atoms with Crippen molar-refractivity contribution in [3.63, 3.8) is 0 Å². The number of nitrogens with one attached hydrogen (secondary N) is 1. The van der Waals surface area contributed by atoms with Crippen LogP contribution >= 0.6 is 22.9 Å². The van der Waals surface area contributed by atoms with Gasteiger partial charge in [0.1, 0.15) is 0 Å². The van der Waals surface area contributed by atoms with Crippen LogP contribution in [0.2, 0.25) is 5.15 Å². The highest BCUT2D eigenvalue weighted by Crippen LogP contribution is 2.21. The van der Waals surface area contributed by atoms with E-state index in [1.165, 1.54) is 0 Å². The van der Waals surface area contributed by atoms with E-state index in [-0.39, 0.29) is 0 Å². The van der Waals surface area contributed by atoms with Gasteiger partial charge in [0.2, 0.25) is 0 Å². The number of thiophene rings is 1. The molecule has 2 aromatic rings. The fraction of sp³-hybridized carbons (Fsp3) is 0. The fourth-order valence-corrected chi connectivity index (χ4v) is 1.62. The number of anilines is 2. The van der Waals surface area contributed by atoms with Crippen molar-refractivity contribution in [2.24, 2.45) is 0 Å². The minimum atomic E-state index is 0.383. The van der Waals surface area contributed by atoms with Crippen LogP contribution < -0.4 is 5.32 Å². The molecule has 0 aliphatic rings. The minimum absolute atomic E-state index is 0.383. The second kappa shape index (κ2) is 3.72. The summed E-state index contributed by atoms with van der Waals surface area (Å²) in [5, 5.41) is 7.40. The van der Waals surface area contributed by atoms with Crippen LogP contribution in [0.25, 0.3) is 0 Å². The Labute approximate surface area is 84.4 Å². The van der Waals surface area contributed by atoms with Gasteiger partial charge in [0.25, 0.3) is 0 Å². The number of nitrogens with zero attached hydrogens (tertiary/aromatic N) is 2. The Kier molecular flexibility index (Phi) is 2.42. The van der Waals surface area contributed by atoms with E-state index in [1.807, 2.05) is 16.8 Å². The van der Waals surface area contributed by atoms with Gasteiger partial charge < -0.3 is 5.32 Å². The Hall–Kier alpha value is -1.13. The largest absolute Gasteiger partial charge is 0.337 e. The van der Waals surface area contributed by atoms with E-state index < -0.39 is 0 Å². The van der Waals surface area contributed by atoms with Crippen molar-refractivity contribution in [1.29, 1.82) is 0 Å². The van der Waals surface area contributed by atoms with E-state index in [2.05, 4.69) is 15.3 Å². The lowest BCUT2D eigenvalue weighted by Gasteiger charge is -2.02. The zero-order valence-electron chi connectivity index (χ0n) is 6.57. The van der Waals surface area contributed by atoms with E-state index in [4.69, 9.17) is 11.6 Å². The predicted molar refractivity (Wildman–Crippen MR) is 54.6 cm³/mol. The van der Waals surface area contributed by atoms with E-state index in [0.29, 0.717) is 11.0 Å². The summed E-state index contributed by atoms with van der Waals surface area (Å²) in [6.07, 6.45) is 3.15. The Morgan fingerprint density at radius 2 is 2.15 bits per heavy atom. The highest BCUT2D eigenvalue weighted by Gasteiger charge is 2.01. The van der Waals surface area contributed by atoms with Crippen LogP contribution in [0.3, 0.4) is 0 Å².